The van der Waals surface area contributed by atoms with E-state index in [1.165, 1.54) is 11.1 Å². The second-order valence-electron chi connectivity index (χ2n) is 5.00. The maximum absolute atomic E-state index is 6.24. The minimum absolute atomic E-state index is 0.318. The lowest BCUT2D eigenvalue weighted by Crippen LogP contribution is -2.18. The predicted octanol–water partition coefficient (Wildman–Crippen LogP) is 5.16. The zero-order valence-corrected chi connectivity index (χ0v) is 13.8. The summed E-state index contributed by atoms with van der Waals surface area (Å²) in [6.07, 6.45) is 0. The largest absolute Gasteiger partial charge is 0.410 e. The lowest BCUT2D eigenvalue weighted by Gasteiger charge is -2.18. The third kappa shape index (κ3) is 3.59. The normalized spacial score (nSPS) is 10.6. The molecular weight excluding hydrogens is 306 g/mol. The van der Waals surface area contributed by atoms with E-state index in [2.05, 4.69) is 65.6 Å². The van der Waals surface area contributed by atoms with E-state index < -0.39 is 0 Å². The minimum atomic E-state index is 0.318. The van der Waals surface area contributed by atoms with Crippen molar-refractivity contribution in [1.82, 2.24) is 0 Å². The van der Waals surface area contributed by atoms with Crippen LogP contribution in [0, 0.1) is 0 Å². The minimum Gasteiger partial charge on any atom is -0.410 e. The van der Waals surface area contributed by atoms with Crippen LogP contribution in [0.3, 0.4) is 0 Å². The molecule has 108 valence electrons. The van der Waals surface area contributed by atoms with Crippen molar-refractivity contribution in [2.75, 3.05) is 4.98 Å². The Balaban J connectivity index is 1.85. The first-order valence-corrected chi connectivity index (χ1v) is 8.66. The van der Waals surface area contributed by atoms with Crippen LogP contribution in [0.1, 0.15) is 16.7 Å². The van der Waals surface area contributed by atoms with Crippen LogP contribution in [0.4, 0.5) is 5.69 Å². The summed E-state index contributed by atoms with van der Waals surface area (Å²) in [7, 11) is 0.518. The Kier molecular flexibility index (Phi) is 4.94. The average Bonchev–Trinajstić information content (AvgIpc) is 2.59. The Hall–Kier alpha value is -2.03. The SMILES string of the molecule is Clc1ccccc1N[Si]C(c1ccccc1)c1ccccc1. The Morgan fingerprint density at radius 3 is 1.73 bits per heavy atom. The standard InChI is InChI=1S/C19H16ClNSi/c20-17-13-7-8-14-18(17)21-22-19(15-9-3-1-4-10-15)16-11-5-2-6-12-16/h1-14,19,21H. The molecular formula is C19H16ClNSi. The van der Waals surface area contributed by atoms with E-state index in [4.69, 9.17) is 11.6 Å². The number of anilines is 1. The molecule has 1 N–H and O–H groups in total. The molecule has 0 amide bonds. The summed E-state index contributed by atoms with van der Waals surface area (Å²) in [5.74, 6) is 0. The summed E-state index contributed by atoms with van der Waals surface area (Å²) >= 11 is 6.24. The quantitative estimate of drug-likeness (QED) is 0.640. The molecule has 0 aliphatic heterocycles. The number of para-hydroxylation sites is 1. The average molecular weight is 322 g/mol. The van der Waals surface area contributed by atoms with Crippen LogP contribution in [-0.2, 0) is 0 Å². The monoisotopic (exact) mass is 321 g/mol. The molecule has 0 saturated carbocycles. The van der Waals surface area contributed by atoms with Gasteiger partial charge in [-0.15, -0.1) is 0 Å². The topological polar surface area (TPSA) is 12.0 Å². The zero-order chi connectivity index (χ0) is 15.2. The molecule has 0 saturated heterocycles. The van der Waals surface area contributed by atoms with Gasteiger partial charge in [0.1, 0.15) is 0 Å². The molecule has 0 aromatic heterocycles. The van der Waals surface area contributed by atoms with Crippen molar-refractivity contribution < 1.29 is 0 Å². The van der Waals surface area contributed by atoms with Crippen molar-refractivity contribution in [2.24, 2.45) is 0 Å². The molecule has 3 heteroatoms. The molecule has 22 heavy (non-hydrogen) atoms. The van der Waals surface area contributed by atoms with E-state index >= 15 is 0 Å². The highest BCUT2D eigenvalue weighted by molar-refractivity contribution is 6.45. The second kappa shape index (κ2) is 7.30. The number of rotatable bonds is 5. The van der Waals surface area contributed by atoms with Gasteiger partial charge in [-0.25, -0.2) is 0 Å². The lowest BCUT2D eigenvalue weighted by molar-refractivity contribution is 1.12. The van der Waals surface area contributed by atoms with E-state index in [-0.39, 0.29) is 0 Å². The van der Waals surface area contributed by atoms with Gasteiger partial charge in [-0.2, -0.15) is 0 Å². The van der Waals surface area contributed by atoms with Gasteiger partial charge in [0.2, 0.25) is 0 Å². The molecule has 3 aromatic carbocycles. The Labute approximate surface area is 138 Å². The third-order valence-electron chi connectivity index (χ3n) is 3.49. The van der Waals surface area contributed by atoms with E-state index in [1.807, 2.05) is 24.3 Å². The van der Waals surface area contributed by atoms with Crippen molar-refractivity contribution in [1.29, 1.82) is 0 Å². The van der Waals surface area contributed by atoms with Gasteiger partial charge in [0, 0.05) is 11.2 Å². The number of benzene rings is 3. The Morgan fingerprint density at radius 2 is 1.18 bits per heavy atom. The first kappa shape index (κ1) is 14.9. The van der Waals surface area contributed by atoms with Crippen LogP contribution in [0.15, 0.2) is 84.9 Å². The maximum Gasteiger partial charge on any atom is 0.191 e. The molecule has 2 radical (unpaired) electrons. The second-order valence-corrected chi connectivity index (χ2v) is 6.53. The van der Waals surface area contributed by atoms with Crippen LogP contribution in [0.2, 0.25) is 5.02 Å². The van der Waals surface area contributed by atoms with Crippen LogP contribution in [-0.4, -0.2) is 9.68 Å². The highest BCUT2D eigenvalue weighted by atomic mass is 35.5. The summed E-state index contributed by atoms with van der Waals surface area (Å²) in [6, 6.07) is 29.0. The molecule has 3 rings (SSSR count). The van der Waals surface area contributed by atoms with Crippen LogP contribution in [0.5, 0.6) is 0 Å². The molecule has 0 bridgehead atoms. The van der Waals surface area contributed by atoms with Crippen molar-refractivity contribution in [2.45, 2.75) is 5.54 Å². The molecule has 0 spiro atoms. The molecule has 0 unspecified atom stereocenters. The highest BCUT2D eigenvalue weighted by Gasteiger charge is 2.15. The van der Waals surface area contributed by atoms with Crippen LogP contribution >= 0.6 is 11.6 Å². The molecule has 1 nitrogen and oxygen atoms in total. The molecule has 0 aliphatic carbocycles. The van der Waals surface area contributed by atoms with Gasteiger partial charge in [-0.1, -0.05) is 84.4 Å². The van der Waals surface area contributed by atoms with E-state index in [0.29, 0.717) is 15.2 Å². The molecule has 0 fully saturated rings. The first-order valence-electron chi connectivity index (χ1n) is 7.20. The summed E-state index contributed by atoms with van der Waals surface area (Å²) in [5.41, 5.74) is 3.93. The number of nitrogens with one attached hydrogen (secondary N) is 1. The molecule has 0 aliphatic rings. The van der Waals surface area contributed by atoms with Gasteiger partial charge in [0.25, 0.3) is 0 Å². The van der Waals surface area contributed by atoms with Crippen LogP contribution in [0.25, 0.3) is 0 Å². The highest BCUT2D eigenvalue weighted by Crippen LogP contribution is 2.26. The van der Waals surface area contributed by atoms with Crippen molar-refractivity contribution >= 4 is 27.0 Å². The van der Waals surface area contributed by atoms with Crippen molar-refractivity contribution in [3.63, 3.8) is 0 Å². The lowest BCUT2D eigenvalue weighted by atomic mass is 10.0. The number of halogens is 1. The smallest absolute Gasteiger partial charge is 0.191 e. The van der Waals surface area contributed by atoms with Gasteiger partial charge < -0.3 is 4.98 Å². The predicted molar refractivity (Wildman–Crippen MR) is 95.6 cm³/mol. The summed E-state index contributed by atoms with van der Waals surface area (Å²) in [6.45, 7) is 0. The van der Waals surface area contributed by atoms with Crippen molar-refractivity contribution in [3.05, 3.63) is 101 Å². The van der Waals surface area contributed by atoms with E-state index in [0.717, 1.165) is 10.7 Å². The van der Waals surface area contributed by atoms with E-state index in [9.17, 15) is 0 Å². The summed E-state index contributed by atoms with van der Waals surface area (Å²) in [5, 5.41) is 0.759. The number of hydrogen-bond donors (Lipinski definition) is 1. The van der Waals surface area contributed by atoms with Gasteiger partial charge in [0.05, 0.1) is 5.02 Å². The van der Waals surface area contributed by atoms with E-state index in [1.54, 1.807) is 0 Å². The fourth-order valence-corrected chi connectivity index (χ4v) is 3.86. The van der Waals surface area contributed by atoms with Gasteiger partial charge >= 0.3 is 0 Å². The summed E-state index contributed by atoms with van der Waals surface area (Å²) in [4.78, 5) is 3.51. The number of hydrogen-bond acceptors (Lipinski definition) is 1. The zero-order valence-electron chi connectivity index (χ0n) is 12.0. The molecule has 0 heterocycles. The van der Waals surface area contributed by atoms with Crippen LogP contribution < -0.4 is 4.98 Å². The van der Waals surface area contributed by atoms with Gasteiger partial charge in [0.15, 0.2) is 9.68 Å². The van der Waals surface area contributed by atoms with Gasteiger partial charge in [-0.3, -0.25) is 0 Å². The fraction of sp³-hybridized carbons (Fsp3) is 0.0526. The van der Waals surface area contributed by atoms with Crippen molar-refractivity contribution in [3.8, 4) is 0 Å². The Bertz CT molecular complexity index is 676. The summed E-state index contributed by atoms with van der Waals surface area (Å²) < 4.78 is 0. The third-order valence-corrected chi connectivity index (χ3v) is 5.19. The maximum atomic E-state index is 6.24. The molecule has 0 atom stereocenters. The first-order chi connectivity index (χ1) is 10.8. The fourth-order valence-electron chi connectivity index (χ4n) is 2.36. The molecule has 3 aromatic rings. The van der Waals surface area contributed by atoms with Gasteiger partial charge in [-0.05, 0) is 23.3 Å². The Morgan fingerprint density at radius 1 is 0.682 bits per heavy atom.